The molecule has 0 aliphatic heterocycles. The number of carboxylic acids is 2. The number of aliphatic carboxylic acids is 2. The molecule has 0 radical (unpaired) electrons. The third kappa shape index (κ3) is 9.10. The Hall–Kier alpha value is -3.13. The molecule has 1 rings (SSSR count). The van der Waals surface area contributed by atoms with E-state index in [0.29, 0.717) is 12.1 Å². The number of carboxylic acid groups (broad SMARTS) is 2. The maximum Gasteiger partial charge on any atom is 0.326 e. The molecule has 3 amide bonds. The number of rotatable bonds is 14. The molecule has 0 aromatic carbocycles. The lowest BCUT2D eigenvalue weighted by molar-refractivity contribution is -0.143. The van der Waals surface area contributed by atoms with Crippen molar-refractivity contribution >= 4 is 42.3 Å². The normalized spacial score (nSPS) is 15.4. The van der Waals surface area contributed by atoms with Crippen LogP contribution in [0, 0.1) is 5.92 Å². The van der Waals surface area contributed by atoms with Gasteiger partial charge in [-0.25, -0.2) is 9.78 Å². The number of hydrogen-bond acceptors (Lipinski definition) is 8. The number of amides is 3. The molecule has 13 nitrogen and oxygen atoms in total. The van der Waals surface area contributed by atoms with E-state index in [1.54, 1.807) is 6.92 Å². The highest BCUT2D eigenvalue weighted by atomic mass is 32.1. The van der Waals surface area contributed by atoms with Gasteiger partial charge in [-0.15, -0.1) is 0 Å². The van der Waals surface area contributed by atoms with Gasteiger partial charge in [0, 0.05) is 24.1 Å². The Labute approximate surface area is 195 Å². The third-order valence-electron chi connectivity index (χ3n) is 4.98. The van der Waals surface area contributed by atoms with E-state index in [1.165, 1.54) is 12.5 Å². The SMILES string of the molecule is CCC(C)C(N)C(=O)NC(CC(=O)O)C(=O)NC(CS)C(=O)NC(Cc1cnc[nH]1)C(=O)O. The molecular weight excluding hydrogens is 456 g/mol. The van der Waals surface area contributed by atoms with E-state index >= 15 is 0 Å². The Bertz CT molecular complexity index is 835. The zero-order valence-electron chi connectivity index (χ0n) is 18.3. The third-order valence-corrected chi connectivity index (χ3v) is 5.35. The molecule has 5 unspecified atom stereocenters. The van der Waals surface area contributed by atoms with E-state index < -0.39 is 60.2 Å². The Morgan fingerprint density at radius 3 is 2.12 bits per heavy atom. The van der Waals surface area contributed by atoms with Crippen LogP contribution in [0.1, 0.15) is 32.4 Å². The van der Waals surface area contributed by atoms with Gasteiger partial charge in [-0.2, -0.15) is 12.6 Å². The van der Waals surface area contributed by atoms with Crippen molar-refractivity contribution in [2.75, 3.05) is 5.75 Å². The number of carbonyl (C=O) groups excluding carboxylic acids is 3. The highest BCUT2D eigenvalue weighted by Gasteiger charge is 2.31. The predicted molar refractivity (Wildman–Crippen MR) is 119 cm³/mol. The number of thiol groups is 1. The van der Waals surface area contributed by atoms with E-state index in [0.717, 1.165) is 0 Å². The molecule has 0 aliphatic rings. The number of nitrogens with two attached hydrogens (primary N) is 1. The first kappa shape index (κ1) is 27.9. The van der Waals surface area contributed by atoms with Gasteiger partial charge in [0.15, 0.2) is 0 Å². The van der Waals surface area contributed by atoms with Crippen molar-refractivity contribution in [3.63, 3.8) is 0 Å². The van der Waals surface area contributed by atoms with Gasteiger partial charge in [0.2, 0.25) is 17.7 Å². The number of carbonyl (C=O) groups is 5. The lowest BCUT2D eigenvalue weighted by atomic mass is 9.99. The number of nitrogens with zero attached hydrogens (tertiary/aromatic N) is 1. The highest BCUT2D eigenvalue weighted by Crippen LogP contribution is 2.07. The number of nitrogens with one attached hydrogen (secondary N) is 4. The summed E-state index contributed by atoms with van der Waals surface area (Å²) in [7, 11) is 0. The maximum atomic E-state index is 12.7. The first-order valence-corrected chi connectivity index (χ1v) is 10.8. The molecule has 1 aromatic heterocycles. The largest absolute Gasteiger partial charge is 0.481 e. The molecule has 5 atom stereocenters. The van der Waals surface area contributed by atoms with Gasteiger partial charge in [0.25, 0.3) is 0 Å². The van der Waals surface area contributed by atoms with Crippen molar-refractivity contribution in [1.29, 1.82) is 0 Å². The molecule has 0 saturated carbocycles. The average Bonchev–Trinajstić information content (AvgIpc) is 3.27. The summed E-state index contributed by atoms with van der Waals surface area (Å²) in [6.45, 7) is 3.56. The van der Waals surface area contributed by atoms with Crippen LogP contribution in [0.25, 0.3) is 0 Å². The van der Waals surface area contributed by atoms with E-state index in [4.69, 9.17) is 10.8 Å². The van der Waals surface area contributed by atoms with E-state index in [-0.39, 0.29) is 18.1 Å². The Morgan fingerprint density at radius 2 is 1.64 bits per heavy atom. The van der Waals surface area contributed by atoms with E-state index in [1.807, 2.05) is 6.92 Å². The molecule has 0 aliphatic carbocycles. The molecule has 8 N–H and O–H groups in total. The van der Waals surface area contributed by atoms with Crippen LogP contribution in [0.4, 0.5) is 0 Å². The number of aromatic amines is 1. The van der Waals surface area contributed by atoms with Crippen LogP contribution in [-0.2, 0) is 30.4 Å². The minimum Gasteiger partial charge on any atom is -0.481 e. The Balaban J connectivity index is 2.87. The summed E-state index contributed by atoms with van der Waals surface area (Å²) < 4.78 is 0. The maximum absolute atomic E-state index is 12.7. The van der Waals surface area contributed by atoms with Crippen LogP contribution in [0.3, 0.4) is 0 Å². The number of aromatic nitrogens is 2. The summed E-state index contributed by atoms with van der Waals surface area (Å²) in [5.41, 5.74) is 6.30. The van der Waals surface area contributed by atoms with Crippen LogP contribution in [0.5, 0.6) is 0 Å². The van der Waals surface area contributed by atoms with Gasteiger partial charge in [-0.1, -0.05) is 20.3 Å². The number of H-pyrrole nitrogens is 1. The van der Waals surface area contributed by atoms with E-state index in [2.05, 4.69) is 38.5 Å². The van der Waals surface area contributed by atoms with Gasteiger partial charge in [0.05, 0.1) is 18.8 Å². The second-order valence-corrected chi connectivity index (χ2v) is 7.86. The zero-order valence-corrected chi connectivity index (χ0v) is 19.2. The van der Waals surface area contributed by atoms with Gasteiger partial charge < -0.3 is 36.9 Å². The molecule has 0 saturated heterocycles. The zero-order chi connectivity index (χ0) is 25.1. The monoisotopic (exact) mass is 486 g/mol. The Kier molecular flexibility index (Phi) is 11.4. The van der Waals surface area contributed by atoms with Crippen LogP contribution in [-0.4, -0.2) is 79.8 Å². The van der Waals surface area contributed by atoms with Crippen LogP contribution >= 0.6 is 12.6 Å². The van der Waals surface area contributed by atoms with Crippen LogP contribution < -0.4 is 21.7 Å². The fraction of sp³-hybridized carbons (Fsp3) is 0.579. The standard InChI is InChI=1S/C19H30N6O7S/c1-3-9(2)15(20)18(30)23-11(5-14(26)27)16(28)25-13(7-33)17(29)24-12(19(31)32)4-10-6-21-8-22-10/h6,8-9,11-13,15,33H,3-5,7,20H2,1-2H3,(H,21,22)(H,23,30)(H,24,29)(H,25,28)(H,26,27)(H,31,32). The van der Waals surface area contributed by atoms with Crippen molar-refractivity contribution < 1.29 is 34.2 Å². The summed E-state index contributed by atoms with van der Waals surface area (Å²) >= 11 is 4.01. The summed E-state index contributed by atoms with van der Waals surface area (Å²) in [6.07, 6.45) is 2.53. The van der Waals surface area contributed by atoms with Gasteiger partial charge in [-0.05, 0) is 5.92 Å². The molecule has 33 heavy (non-hydrogen) atoms. The van der Waals surface area contributed by atoms with Gasteiger partial charge >= 0.3 is 11.9 Å². The molecule has 14 heteroatoms. The lowest BCUT2D eigenvalue weighted by Crippen LogP contribution is -2.58. The number of imidazole rings is 1. The molecule has 1 heterocycles. The minimum absolute atomic E-state index is 0.0838. The molecule has 1 aromatic rings. The lowest BCUT2D eigenvalue weighted by Gasteiger charge is -2.24. The van der Waals surface area contributed by atoms with Gasteiger partial charge in [-0.3, -0.25) is 19.2 Å². The van der Waals surface area contributed by atoms with Crippen molar-refractivity contribution in [2.24, 2.45) is 11.7 Å². The molecule has 0 bridgehead atoms. The molecule has 184 valence electrons. The molecule has 0 spiro atoms. The quantitative estimate of drug-likeness (QED) is 0.140. The van der Waals surface area contributed by atoms with Crippen molar-refractivity contribution in [3.05, 3.63) is 18.2 Å². The van der Waals surface area contributed by atoms with Crippen LogP contribution in [0.15, 0.2) is 12.5 Å². The molecule has 0 fully saturated rings. The minimum atomic E-state index is -1.50. The number of hydrogen-bond donors (Lipinski definition) is 8. The first-order chi connectivity index (χ1) is 15.5. The fourth-order valence-corrected chi connectivity index (χ4v) is 2.98. The van der Waals surface area contributed by atoms with E-state index in [9.17, 15) is 29.1 Å². The summed E-state index contributed by atoms with van der Waals surface area (Å²) in [5, 5.41) is 25.4. The second-order valence-electron chi connectivity index (χ2n) is 7.49. The van der Waals surface area contributed by atoms with Crippen molar-refractivity contribution in [1.82, 2.24) is 25.9 Å². The Morgan fingerprint density at radius 1 is 1.06 bits per heavy atom. The topological polar surface area (TPSA) is 217 Å². The van der Waals surface area contributed by atoms with Crippen molar-refractivity contribution in [3.8, 4) is 0 Å². The average molecular weight is 487 g/mol. The van der Waals surface area contributed by atoms with Gasteiger partial charge in [0.1, 0.15) is 18.1 Å². The smallest absolute Gasteiger partial charge is 0.326 e. The van der Waals surface area contributed by atoms with Crippen molar-refractivity contribution in [2.45, 2.75) is 57.3 Å². The highest BCUT2D eigenvalue weighted by molar-refractivity contribution is 7.80. The summed E-state index contributed by atoms with van der Waals surface area (Å²) in [4.78, 5) is 66.7. The van der Waals surface area contributed by atoms with Crippen LogP contribution in [0.2, 0.25) is 0 Å². The summed E-state index contributed by atoms with van der Waals surface area (Å²) in [5.74, 6) is -5.59. The fourth-order valence-electron chi connectivity index (χ4n) is 2.72. The predicted octanol–water partition coefficient (Wildman–Crippen LogP) is -1.73. The molecular formula is C19H30N6O7S. The first-order valence-electron chi connectivity index (χ1n) is 10.2. The second kappa shape index (κ2) is 13.4. The summed E-state index contributed by atoms with van der Waals surface area (Å²) in [6, 6.07) is -5.07.